The molecule has 0 atom stereocenters. The summed E-state index contributed by atoms with van der Waals surface area (Å²) in [5, 5.41) is 5.93. The first-order valence-electron chi connectivity index (χ1n) is 10.7. The molecule has 31 heavy (non-hydrogen) atoms. The molecule has 2 aromatic heterocycles. The van der Waals surface area contributed by atoms with Crippen molar-refractivity contribution in [2.75, 3.05) is 7.11 Å². The first-order valence-corrected chi connectivity index (χ1v) is 11.5. The molecule has 166 valence electrons. The molecule has 0 saturated heterocycles. The topological polar surface area (TPSA) is 65.4 Å². The summed E-state index contributed by atoms with van der Waals surface area (Å²) in [4.78, 5) is 17.5. The number of rotatable bonds is 10. The molecule has 3 aromatic rings. The zero-order chi connectivity index (χ0) is 22.4. The van der Waals surface area contributed by atoms with Crippen molar-refractivity contribution in [2.24, 2.45) is 0 Å². The number of nitrogens with one attached hydrogen (secondary N) is 1. The van der Waals surface area contributed by atoms with E-state index in [1.54, 1.807) is 18.4 Å². The summed E-state index contributed by atoms with van der Waals surface area (Å²) >= 11 is 1.56. The van der Waals surface area contributed by atoms with E-state index in [2.05, 4.69) is 16.8 Å². The van der Waals surface area contributed by atoms with Gasteiger partial charge in [0.2, 0.25) is 0 Å². The summed E-state index contributed by atoms with van der Waals surface area (Å²) in [6.45, 7) is 9.38. The van der Waals surface area contributed by atoms with Crippen LogP contribution in [0.3, 0.4) is 0 Å². The van der Waals surface area contributed by atoms with Crippen LogP contribution in [0.4, 0.5) is 0 Å². The number of benzene rings is 1. The molecule has 0 bridgehead atoms. The number of amides is 1. The highest BCUT2D eigenvalue weighted by Gasteiger charge is 2.20. The van der Waals surface area contributed by atoms with Crippen LogP contribution in [-0.2, 0) is 13.2 Å². The second-order valence-corrected chi connectivity index (χ2v) is 8.70. The number of hydrogen-bond acceptors (Lipinski definition) is 5. The quantitative estimate of drug-likeness (QED) is 0.455. The number of ether oxygens (including phenoxy) is 2. The predicted molar refractivity (Wildman–Crippen MR) is 125 cm³/mol. The zero-order valence-corrected chi connectivity index (χ0v) is 19.7. The van der Waals surface area contributed by atoms with Crippen molar-refractivity contribution in [1.82, 2.24) is 14.9 Å². The van der Waals surface area contributed by atoms with Crippen LogP contribution in [0.2, 0.25) is 0 Å². The van der Waals surface area contributed by atoms with E-state index >= 15 is 0 Å². The molecule has 3 rings (SSSR count). The number of aromatic nitrogens is 2. The van der Waals surface area contributed by atoms with Crippen LogP contribution in [0.15, 0.2) is 35.7 Å². The number of hydrogen-bond donors (Lipinski definition) is 1. The van der Waals surface area contributed by atoms with Crippen molar-refractivity contribution >= 4 is 17.2 Å². The largest absolute Gasteiger partial charge is 0.497 e. The third-order valence-electron chi connectivity index (χ3n) is 5.00. The lowest BCUT2D eigenvalue weighted by atomic mass is 10.2. The van der Waals surface area contributed by atoms with Crippen LogP contribution >= 0.6 is 11.3 Å². The van der Waals surface area contributed by atoms with Gasteiger partial charge in [0.05, 0.1) is 24.1 Å². The molecule has 6 nitrogen and oxygen atoms in total. The minimum atomic E-state index is -0.0395. The van der Waals surface area contributed by atoms with E-state index in [4.69, 9.17) is 14.5 Å². The summed E-state index contributed by atoms with van der Waals surface area (Å²) in [7, 11) is 1.64. The fraction of sp³-hybridized carbons (Fsp3) is 0.417. The molecule has 0 unspecified atom stereocenters. The fourth-order valence-electron chi connectivity index (χ4n) is 3.34. The van der Waals surface area contributed by atoms with Gasteiger partial charge in [-0.3, -0.25) is 4.79 Å². The molecule has 0 fully saturated rings. The molecule has 0 radical (unpaired) electrons. The van der Waals surface area contributed by atoms with Gasteiger partial charge in [0, 0.05) is 23.7 Å². The van der Waals surface area contributed by atoms with Crippen LogP contribution in [0.1, 0.15) is 54.7 Å². The number of thiazole rings is 1. The lowest BCUT2D eigenvalue weighted by Gasteiger charge is -2.11. The van der Waals surface area contributed by atoms with E-state index in [9.17, 15) is 4.79 Å². The minimum absolute atomic E-state index is 0.0395. The van der Waals surface area contributed by atoms with Gasteiger partial charge in [-0.2, -0.15) is 0 Å². The van der Waals surface area contributed by atoms with Gasteiger partial charge < -0.3 is 19.4 Å². The van der Waals surface area contributed by atoms with E-state index in [1.165, 1.54) is 0 Å². The molecular formula is C24H31N3O3S. The number of carbonyl (C=O) groups excluding carboxylic acids is 1. The smallest absolute Gasteiger partial charge is 0.253 e. The van der Waals surface area contributed by atoms with Gasteiger partial charge in [0.15, 0.2) is 0 Å². The van der Waals surface area contributed by atoms with Gasteiger partial charge >= 0.3 is 0 Å². The maximum atomic E-state index is 12.7. The second kappa shape index (κ2) is 10.5. The normalized spacial score (nSPS) is 11.0. The summed E-state index contributed by atoms with van der Waals surface area (Å²) in [6, 6.07) is 9.56. The van der Waals surface area contributed by atoms with Crippen LogP contribution in [-0.4, -0.2) is 28.6 Å². The molecule has 1 aromatic carbocycles. The Morgan fingerprint density at radius 2 is 1.94 bits per heavy atom. The van der Waals surface area contributed by atoms with Gasteiger partial charge in [-0.25, -0.2) is 4.98 Å². The fourth-order valence-corrected chi connectivity index (χ4v) is 4.04. The van der Waals surface area contributed by atoms with Crippen LogP contribution in [0.5, 0.6) is 11.5 Å². The Labute approximate surface area is 188 Å². The van der Waals surface area contributed by atoms with Gasteiger partial charge in [-0.15, -0.1) is 11.3 Å². The lowest BCUT2D eigenvalue weighted by molar-refractivity contribution is 0.0942. The predicted octanol–water partition coefficient (Wildman–Crippen LogP) is 5.45. The van der Waals surface area contributed by atoms with Crippen molar-refractivity contribution in [3.8, 4) is 22.9 Å². The lowest BCUT2D eigenvalue weighted by Crippen LogP contribution is -2.30. The first kappa shape index (κ1) is 22.9. The van der Waals surface area contributed by atoms with Crippen molar-refractivity contribution in [1.29, 1.82) is 0 Å². The zero-order valence-electron chi connectivity index (χ0n) is 18.9. The average Bonchev–Trinajstić information content (AvgIpc) is 3.35. The number of methoxy groups -OCH3 is 1. The van der Waals surface area contributed by atoms with Crippen LogP contribution in [0.25, 0.3) is 11.4 Å². The standard InChI is InChI=1S/C24H31N3O3S/c1-6-7-12-27-17(4)20(24(28)25-16(2)3)13-22(27)21-15-31-23(26-21)14-30-19-10-8-18(29-5)9-11-19/h8-11,13,15-16H,6-7,12,14H2,1-5H3,(H,25,28). The molecular weight excluding hydrogens is 410 g/mol. The molecule has 1 amide bonds. The molecule has 1 N–H and O–H groups in total. The Kier molecular flexibility index (Phi) is 7.74. The summed E-state index contributed by atoms with van der Waals surface area (Å²) in [6.07, 6.45) is 2.13. The molecule has 7 heteroatoms. The summed E-state index contributed by atoms with van der Waals surface area (Å²) < 4.78 is 13.3. The van der Waals surface area contributed by atoms with Gasteiger partial charge in [0.1, 0.15) is 23.1 Å². The Balaban J connectivity index is 1.80. The molecule has 0 aliphatic heterocycles. The van der Waals surface area contributed by atoms with Crippen molar-refractivity contribution in [3.05, 3.63) is 52.0 Å². The monoisotopic (exact) mass is 441 g/mol. The highest BCUT2D eigenvalue weighted by molar-refractivity contribution is 7.09. The molecule has 0 aliphatic rings. The molecule has 0 aliphatic carbocycles. The maximum Gasteiger partial charge on any atom is 0.253 e. The maximum absolute atomic E-state index is 12.7. The Bertz CT molecular complexity index is 1010. The third kappa shape index (κ3) is 5.67. The Hall–Kier alpha value is -2.80. The third-order valence-corrected chi connectivity index (χ3v) is 5.82. The van der Waals surface area contributed by atoms with Crippen molar-refractivity contribution in [3.63, 3.8) is 0 Å². The highest BCUT2D eigenvalue weighted by atomic mass is 32.1. The van der Waals surface area contributed by atoms with Crippen molar-refractivity contribution < 1.29 is 14.3 Å². The average molecular weight is 442 g/mol. The van der Waals surface area contributed by atoms with E-state index in [0.717, 1.165) is 53.0 Å². The number of unbranched alkanes of at least 4 members (excludes halogenated alkanes) is 1. The summed E-state index contributed by atoms with van der Waals surface area (Å²) in [5.74, 6) is 1.53. The van der Waals surface area contributed by atoms with Crippen LogP contribution < -0.4 is 14.8 Å². The van der Waals surface area contributed by atoms with E-state index in [-0.39, 0.29) is 11.9 Å². The van der Waals surface area contributed by atoms with Crippen molar-refractivity contribution in [2.45, 2.75) is 59.7 Å². The van der Waals surface area contributed by atoms with Gasteiger partial charge in [0.25, 0.3) is 5.91 Å². The number of carbonyl (C=O) groups is 1. The van der Waals surface area contributed by atoms with E-state index in [1.807, 2.05) is 56.5 Å². The second-order valence-electron chi connectivity index (χ2n) is 7.75. The summed E-state index contributed by atoms with van der Waals surface area (Å²) in [5.41, 5.74) is 3.54. The van der Waals surface area contributed by atoms with Gasteiger partial charge in [-0.05, 0) is 57.5 Å². The highest BCUT2D eigenvalue weighted by Crippen LogP contribution is 2.29. The van der Waals surface area contributed by atoms with Gasteiger partial charge in [-0.1, -0.05) is 13.3 Å². The SMILES string of the molecule is CCCCn1c(-c2csc(COc3ccc(OC)cc3)n2)cc(C(=O)NC(C)C)c1C. The Morgan fingerprint density at radius 3 is 2.58 bits per heavy atom. The van der Waals surface area contributed by atoms with E-state index in [0.29, 0.717) is 12.2 Å². The Morgan fingerprint density at radius 1 is 1.23 bits per heavy atom. The molecule has 2 heterocycles. The first-order chi connectivity index (χ1) is 14.9. The molecule has 0 spiro atoms. The van der Waals surface area contributed by atoms with Crippen LogP contribution in [0, 0.1) is 6.92 Å². The molecule has 0 saturated carbocycles. The van der Waals surface area contributed by atoms with E-state index < -0.39 is 0 Å². The number of nitrogens with zero attached hydrogens (tertiary/aromatic N) is 2. The minimum Gasteiger partial charge on any atom is -0.497 e.